The normalized spacial score (nSPS) is 15.6. The second-order valence-electron chi connectivity index (χ2n) is 6.33. The van der Waals surface area contributed by atoms with Crippen molar-refractivity contribution in [2.24, 2.45) is 5.92 Å². The molecule has 1 aromatic rings. The zero-order chi connectivity index (χ0) is 15.6. The highest BCUT2D eigenvalue weighted by Crippen LogP contribution is 2.21. The molecule has 0 atom stereocenters. The summed E-state index contributed by atoms with van der Waals surface area (Å²) in [5.41, 5.74) is -0.439. The summed E-state index contributed by atoms with van der Waals surface area (Å²) in [7, 11) is 1.98. The van der Waals surface area contributed by atoms with Gasteiger partial charge in [0.1, 0.15) is 16.0 Å². The fourth-order valence-electron chi connectivity index (χ4n) is 2.14. The molecule has 6 nitrogen and oxygen atoms in total. The molecule has 0 spiro atoms. The minimum Gasteiger partial charge on any atom is -0.444 e. The molecule has 0 unspecified atom stereocenters. The summed E-state index contributed by atoms with van der Waals surface area (Å²) >= 11 is 3.27. The lowest BCUT2D eigenvalue weighted by Gasteiger charge is -2.41. The Hall–Kier alpha value is -1.37. The second kappa shape index (κ2) is 6.17. The van der Waals surface area contributed by atoms with Gasteiger partial charge in [-0.2, -0.15) is 0 Å². The number of aromatic nitrogens is 2. The Kier molecular flexibility index (Phi) is 4.70. The molecule has 0 aromatic carbocycles. The Labute approximate surface area is 133 Å². The van der Waals surface area contributed by atoms with Crippen LogP contribution in [0, 0.1) is 5.92 Å². The van der Waals surface area contributed by atoms with Crippen molar-refractivity contribution >= 4 is 27.8 Å². The van der Waals surface area contributed by atoms with E-state index in [1.807, 2.05) is 27.8 Å². The number of amides is 1. The summed E-state index contributed by atoms with van der Waals surface area (Å²) in [6.07, 6.45) is 3.18. The van der Waals surface area contributed by atoms with Crippen molar-refractivity contribution in [3.8, 4) is 0 Å². The van der Waals surface area contributed by atoms with E-state index in [2.05, 4.69) is 30.8 Å². The molecular formula is C14H21BrN4O2. The second-order valence-corrected chi connectivity index (χ2v) is 7.14. The lowest BCUT2D eigenvalue weighted by Crippen LogP contribution is -2.54. The summed E-state index contributed by atoms with van der Waals surface area (Å²) in [4.78, 5) is 24.1. The van der Waals surface area contributed by atoms with Gasteiger partial charge in [-0.05, 0) is 36.7 Å². The molecule has 1 aliphatic heterocycles. The van der Waals surface area contributed by atoms with Gasteiger partial charge >= 0.3 is 6.09 Å². The molecule has 2 heterocycles. The predicted octanol–water partition coefficient (Wildman–Crippen LogP) is 2.54. The smallest absolute Gasteiger partial charge is 0.410 e. The molecule has 0 N–H and O–H groups in total. The van der Waals surface area contributed by atoms with Gasteiger partial charge in [-0.3, -0.25) is 0 Å². The quantitative estimate of drug-likeness (QED) is 0.832. The minimum absolute atomic E-state index is 0.232. The van der Waals surface area contributed by atoms with Gasteiger partial charge in [0.05, 0.1) is 12.4 Å². The van der Waals surface area contributed by atoms with Crippen molar-refractivity contribution in [2.45, 2.75) is 26.4 Å². The van der Waals surface area contributed by atoms with E-state index in [9.17, 15) is 4.79 Å². The van der Waals surface area contributed by atoms with Crippen molar-refractivity contribution in [1.29, 1.82) is 0 Å². The molecule has 1 amide bonds. The monoisotopic (exact) mass is 356 g/mol. The van der Waals surface area contributed by atoms with Crippen LogP contribution in [0.15, 0.2) is 17.0 Å². The summed E-state index contributed by atoms with van der Waals surface area (Å²) in [6.45, 7) is 7.93. The number of nitrogens with zero attached hydrogens (tertiary/aromatic N) is 4. The third-order valence-corrected chi connectivity index (χ3v) is 3.55. The zero-order valence-electron chi connectivity index (χ0n) is 12.8. The van der Waals surface area contributed by atoms with Gasteiger partial charge in [-0.15, -0.1) is 0 Å². The van der Waals surface area contributed by atoms with Gasteiger partial charge in [-0.25, -0.2) is 14.8 Å². The first kappa shape index (κ1) is 16.0. The van der Waals surface area contributed by atoms with Crippen LogP contribution in [-0.4, -0.2) is 53.2 Å². The summed E-state index contributed by atoms with van der Waals surface area (Å²) in [5, 5.41) is 0. The Balaban J connectivity index is 1.77. The number of carbonyl (C=O) groups is 1. The standard InChI is InChI=1S/C14H21BrN4O2/c1-14(2,3)21-13(20)19-8-10(9-19)7-18(4)12-6-16-11(15)5-17-12/h5-6,10H,7-9H2,1-4H3. The van der Waals surface area contributed by atoms with Gasteiger partial charge in [0, 0.05) is 32.6 Å². The molecule has 0 bridgehead atoms. The third-order valence-electron chi connectivity index (χ3n) is 3.14. The maximum absolute atomic E-state index is 11.8. The van der Waals surface area contributed by atoms with Crippen LogP contribution in [0.5, 0.6) is 0 Å². The van der Waals surface area contributed by atoms with E-state index < -0.39 is 5.60 Å². The molecule has 116 valence electrons. The van der Waals surface area contributed by atoms with Crippen molar-refractivity contribution < 1.29 is 9.53 Å². The molecule has 1 aliphatic rings. The number of rotatable bonds is 3. The van der Waals surface area contributed by atoms with Crippen molar-refractivity contribution in [3.63, 3.8) is 0 Å². The van der Waals surface area contributed by atoms with E-state index in [1.165, 1.54) is 0 Å². The van der Waals surface area contributed by atoms with Gasteiger partial charge in [0.25, 0.3) is 0 Å². The highest BCUT2D eigenvalue weighted by Gasteiger charge is 2.34. The number of hydrogen-bond donors (Lipinski definition) is 0. The molecule has 7 heteroatoms. The number of ether oxygens (including phenoxy) is 1. The SMILES string of the molecule is CN(CC1CN(C(=O)OC(C)(C)C)C1)c1cnc(Br)cn1. The van der Waals surface area contributed by atoms with Crippen LogP contribution < -0.4 is 4.90 Å². The van der Waals surface area contributed by atoms with Crippen LogP contribution in [0.3, 0.4) is 0 Å². The Morgan fingerprint density at radius 2 is 2.10 bits per heavy atom. The van der Waals surface area contributed by atoms with Crippen LogP contribution in [0.1, 0.15) is 20.8 Å². The number of halogens is 1. The maximum atomic E-state index is 11.8. The van der Waals surface area contributed by atoms with E-state index in [4.69, 9.17) is 4.74 Å². The van der Waals surface area contributed by atoms with Crippen molar-refractivity contribution in [2.75, 3.05) is 31.6 Å². The van der Waals surface area contributed by atoms with E-state index >= 15 is 0 Å². The molecule has 1 fully saturated rings. The largest absolute Gasteiger partial charge is 0.444 e. The highest BCUT2D eigenvalue weighted by atomic mass is 79.9. The summed E-state index contributed by atoms with van der Waals surface area (Å²) in [5.74, 6) is 1.27. The Bertz CT molecular complexity index is 495. The van der Waals surface area contributed by atoms with Gasteiger partial charge in [0.2, 0.25) is 0 Å². The van der Waals surface area contributed by atoms with Gasteiger partial charge < -0.3 is 14.5 Å². The fourth-order valence-corrected chi connectivity index (χ4v) is 2.35. The van der Waals surface area contributed by atoms with Crippen molar-refractivity contribution in [3.05, 3.63) is 17.0 Å². The number of carbonyl (C=O) groups excluding carboxylic acids is 1. The maximum Gasteiger partial charge on any atom is 0.410 e. The van der Waals surface area contributed by atoms with Crippen LogP contribution in [0.2, 0.25) is 0 Å². The minimum atomic E-state index is -0.439. The van der Waals surface area contributed by atoms with Crippen LogP contribution >= 0.6 is 15.9 Å². The van der Waals surface area contributed by atoms with Gasteiger partial charge in [-0.1, -0.05) is 0 Å². The Morgan fingerprint density at radius 1 is 1.43 bits per heavy atom. The lowest BCUT2D eigenvalue weighted by molar-refractivity contribution is 0.000176. The molecule has 0 saturated carbocycles. The predicted molar refractivity (Wildman–Crippen MR) is 84.3 cm³/mol. The fraction of sp³-hybridized carbons (Fsp3) is 0.643. The molecule has 21 heavy (non-hydrogen) atoms. The summed E-state index contributed by atoms with van der Waals surface area (Å²) in [6, 6.07) is 0. The molecule has 1 saturated heterocycles. The highest BCUT2D eigenvalue weighted by molar-refractivity contribution is 9.10. The molecule has 0 aliphatic carbocycles. The third kappa shape index (κ3) is 4.56. The number of anilines is 1. The van der Waals surface area contributed by atoms with E-state index in [1.54, 1.807) is 17.3 Å². The van der Waals surface area contributed by atoms with E-state index in [-0.39, 0.29) is 6.09 Å². The van der Waals surface area contributed by atoms with Crippen LogP contribution in [0.4, 0.5) is 10.6 Å². The Morgan fingerprint density at radius 3 is 2.62 bits per heavy atom. The molecule has 0 radical (unpaired) electrons. The summed E-state index contributed by atoms with van der Waals surface area (Å²) < 4.78 is 6.06. The lowest BCUT2D eigenvalue weighted by atomic mass is 10.0. The van der Waals surface area contributed by atoms with E-state index in [0.29, 0.717) is 5.92 Å². The first-order valence-corrected chi connectivity index (χ1v) is 7.70. The molecular weight excluding hydrogens is 336 g/mol. The molecule has 1 aromatic heterocycles. The average molecular weight is 357 g/mol. The number of likely N-dealkylation sites (tertiary alicyclic amines) is 1. The first-order chi connectivity index (χ1) is 9.74. The first-order valence-electron chi connectivity index (χ1n) is 6.91. The zero-order valence-corrected chi connectivity index (χ0v) is 14.4. The van der Waals surface area contributed by atoms with Crippen LogP contribution in [0.25, 0.3) is 0 Å². The molecule has 2 rings (SSSR count). The number of hydrogen-bond acceptors (Lipinski definition) is 5. The van der Waals surface area contributed by atoms with Crippen LogP contribution in [-0.2, 0) is 4.74 Å². The average Bonchev–Trinajstić information content (AvgIpc) is 2.31. The topological polar surface area (TPSA) is 58.6 Å². The van der Waals surface area contributed by atoms with Crippen molar-refractivity contribution in [1.82, 2.24) is 14.9 Å². The van der Waals surface area contributed by atoms with Gasteiger partial charge in [0.15, 0.2) is 0 Å². The van der Waals surface area contributed by atoms with E-state index in [0.717, 1.165) is 30.1 Å².